The van der Waals surface area contributed by atoms with Gasteiger partial charge in [-0.25, -0.2) is 4.79 Å². The van der Waals surface area contributed by atoms with Crippen molar-refractivity contribution in [2.24, 2.45) is 0 Å². The highest BCUT2D eigenvalue weighted by molar-refractivity contribution is 6.74. The lowest BCUT2D eigenvalue weighted by atomic mass is 9.86. The van der Waals surface area contributed by atoms with Gasteiger partial charge in [0.2, 0.25) is 0 Å². The number of nitrogens with zero attached hydrogens (tertiary/aromatic N) is 1. The van der Waals surface area contributed by atoms with Crippen molar-refractivity contribution in [3.05, 3.63) is 40.5 Å². The van der Waals surface area contributed by atoms with Crippen LogP contribution in [0.4, 0.5) is 4.79 Å². The lowest BCUT2D eigenvalue weighted by Crippen LogP contribution is -2.44. The summed E-state index contributed by atoms with van der Waals surface area (Å²) in [6.45, 7) is 20.2. The molecule has 1 saturated carbocycles. The molecule has 2 aliphatic rings. The first kappa shape index (κ1) is 26.0. The van der Waals surface area contributed by atoms with E-state index in [1.54, 1.807) is 0 Å². The van der Waals surface area contributed by atoms with Gasteiger partial charge in [-0.2, -0.15) is 0 Å². The van der Waals surface area contributed by atoms with E-state index in [2.05, 4.69) is 65.1 Å². The molecule has 1 heterocycles. The third-order valence-corrected chi connectivity index (χ3v) is 12.1. The molecule has 184 valence electrons. The smallest absolute Gasteiger partial charge is 0.410 e. The molecule has 0 radical (unpaired) electrons. The molecule has 1 unspecified atom stereocenters. The summed E-state index contributed by atoms with van der Waals surface area (Å²) >= 11 is 0. The van der Waals surface area contributed by atoms with Gasteiger partial charge in [-0.05, 0) is 94.6 Å². The van der Waals surface area contributed by atoms with Gasteiger partial charge < -0.3 is 14.1 Å². The van der Waals surface area contributed by atoms with Crippen LogP contribution in [0.25, 0.3) is 6.08 Å². The SMILES string of the molecule is CC1c2cccc(C=C3CCC(O[Si](C)(C)C(C)(C)C)CC3)c2CCN1C(=O)OC(C)(C)C. The van der Waals surface area contributed by atoms with E-state index < -0.39 is 13.9 Å². The summed E-state index contributed by atoms with van der Waals surface area (Å²) in [5.41, 5.74) is 5.01. The van der Waals surface area contributed by atoms with Crippen LogP contribution in [0, 0.1) is 0 Å². The standard InChI is InChI=1S/C28H45NO3Si/c1-20-24-12-10-11-22(25(24)17-18-29(20)26(30)31-27(2,3)4)19-21-13-15-23(16-14-21)32-33(8,9)28(5,6)7/h10-12,19-20,23H,13-18H2,1-9H3. The van der Waals surface area contributed by atoms with E-state index >= 15 is 0 Å². The minimum atomic E-state index is -1.71. The number of hydrogen-bond acceptors (Lipinski definition) is 3. The summed E-state index contributed by atoms with van der Waals surface area (Å²) < 4.78 is 12.3. The molecule has 0 saturated heterocycles. The van der Waals surface area contributed by atoms with E-state index in [1.165, 1.54) is 22.3 Å². The fraction of sp³-hybridized carbons (Fsp3) is 0.679. The fourth-order valence-corrected chi connectivity index (χ4v) is 6.06. The zero-order valence-electron chi connectivity index (χ0n) is 22.4. The fourth-order valence-electron chi connectivity index (χ4n) is 4.64. The molecule has 33 heavy (non-hydrogen) atoms. The van der Waals surface area contributed by atoms with Gasteiger partial charge in [0.05, 0.1) is 6.04 Å². The number of carbonyl (C=O) groups excluding carboxylic acids is 1. The minimum absolute atomic E-state index is 0.0238. The van der Waals surface area contributed by atoms with E-state index in [-0.39, 0.29) is 17.2 Å². The maximum Gasteiger partial charge on any atom is 0.410 e. The van der Waals surface area contributed by atoms with Gasteiger partial charge in [0, 0.05) is 12.6 Å². The highest BCUT2D eigenvalue weighted by Crippen LogP contribution is 2.40. The Kier molecular flexibility index (Phi) is 7.55. The molecule has 1 aliphatic heterocycles. The summed E-state index contributed by atoms with van der Waals surface area (Å²) in [5.74, 6) is 0. The Balaban J connectivity index is 1.69. The number of amides is 1. The van der Waals surface area contributed by atoms with E-state index in [1.807, 2.05) is 25.7 Å². The molecule has 0 bridgehead atoms. The van der Waals surface area contributed by atoms with Gasteiger partial charge in [-0.15, -0.1) is 0 Å². The molecular formula is C28H45NO3Si. The summed E-state index contributed by atoms with van der Waals surface area (Å²) in [6, 6.07) is 6.56. The number of allylic oxidation sites excluding steroid dienone is 1. The van der Waals surface area contributed by atoms with E-state index in [0.29, 0.717) is 12.6 Å². The molecule has 4 nitrogen and oxygen atoms in total. The van der Waals surface area contributed by atoms with Crippen LogP contribution in [-0.2, 0) is 15.6 Å². The van der Waals surface area contributed by atoms with Gasteiger partial charge in [0.15, 0.2) is 8.32 Å². The molecule has 1 aromatic carbocycles. The second kappa shape index (κ2) is 9.57. The number of ether oxygens (including phenoxy) is 1. The molecule has 1 aliphatic carbocycles. The second-order valence-corrected chi connectivity index (χ2v) is 17.2. The van der Waals surface area contributed by atoms with Gasteiger partial charge in [0.25, 0.3) is 0 Å². The van der Waals surface area contributed by atoms with Crippen molar-refractivity contribution in [3.63, 3.8) is 0 Å². The number of rotatable bonds is 3. The van der Waals surface area contributed by atoms with Crippen molar-refractivity contribution in [2.75, 3.05) is 6.54 Å². The predicted molar refractivity (Wildman–Crippen MR) is 140 cm³/mol. The van der Waals surface area contributed by atoms with Crippen molar-refractivity contribution in [3.8, 4) is 0 Å². The first-order chi connectivity index (χ1) is 15.2. The average molecular weight is 472 g/mol. The van der Waals surface area contributed by atoms with Crippen molar-refractivity contribution in [2.45, 2.75) is 116 Å². The zero-order chi connectivity index (χ0) is 24.6. The Labute approximate surface area is 202 Å². The van der Waals surface area contributed by atoms with E-state index in [0.717, 1.165) is 32.1 Å². The molecule has 1 fully saturated rings. The summed E-state index contributed by atoms with van der Waals surface area (Å²) in [7, 11) is -1.71. The molecule has 0 aromatic heterocycles. The molecule has 1 aromatic rings. The topological polar surface area (TPSA) is 38.8 Å². The van der Waals surface area contributed by atoms with Gasteiger partial charge in [-0.1, -0.05) is 50.6 Å². The Morgan fingerprint density at radius 2 is 1.70 bits per heavy atom. The molecule has 1 atom stereocenters. The van der Waals surface area contributed by atoms with Crippen LogP contribution in [0.3, 0.4) is 0 Å². The monoisotopic (exact) mass is 471 g/mol. The molecular weight excluding hydrogens is 426 g/mol. The molecule has 0 N–H and O–H groups in total. The van der Waals surface area contributed by atoms with Gasteiger partial charge >= 0.3 is 6.09 Å². The van der Waals surface area contributed by atoms with Crippen LogP contribution in [-0.4, -0.2) is 37.6 Å². The first-order valence-corrected chi connectivity index (χ1v) is 15.6. The summed E-state index contributed by atoms with van der Waals surface area (Å²) in [5, 5.41) is 0.260. The number of fused-ring (bicyclic) bond motifs is 1. The lowest BCUT2D eigenvalue weighted by molar-refractivity contribution is 0.0159. The molecule has 1 amide bonds. The second-order valence-electron chi connectivity index (χ2n) is 12.4. The summed E-state index contributed by atoms with van der Waals surface area (Å²) in [6.07, 6.45) is 7.93. The first-order valence-electron chi connectivity index (χ1n) is 12.7. The van der Waals surface area contributed by atoms with Crippen molar-refractivity contribution < 1.29 is 14.0 Å². The highest BCUT2D eigenvalue weighted by Gasteiger charge is 2.39. The molecule has 3 rings (SSSR count). The van der Waals surface area contributed by atoms with Crippen molar-refractivity contribution in [1.82, 2.24) is 4.90 Å². The number of hydrogen-bond donors (Lipinski definition) is 0. The van der Waals surface area contributed by atoms with Crippen LogP contribution in [0.5, 0.6) is 0 Å². The van der Waals surface area contributed by atoms with Gasteiger partial charge in [0.1, 0.15) is 5.60 Å². The Hall–Kier alpha value is -1.59. The number of benzene rings is 1. The van der Waals surface area contributed by atoms with E-state index in [9.17, 15) is 4.79 Å². The predicted octanol–water partition coefficient (Wildman–Crippen LogP) is 7.89. The third kappa shape index (κ3) is 6.30. The third-order valence-electron chi connectivity index (χ3n) is 7.60. The maximum absolute atomic E-state index is 12.7. The normalized spacial score (nSPS) is 22.1. The van der Waals surface area contributed by atoms with Crippen LogP contribution in [0.2, 0.25) is 18.1 Å². The van der Waals surface area contributed by atoms with Crippen LogP contribution >= 0.6 is 0 Å². The molecule has 0 spiro atoms. The van der Waals surface area contributed by atoms with Crippen molar-refractivity contribution in [1.29, 1.82) is 0 Å². The Bertz CT molecular complexity index is 881. The van der Waals surface area contributed by atoms with Crippen LogP contribution in [0.15, 0.2) is 23.8 Å². The zero-order valence-corrected chi connectivity index (χ0v) is 23.4. The number of carbonyl (C=O) groups is 1. The average Bonchev–Trinajstić information content (AvgIpc) is 2.68. The molecule has 5 heteroatoms. The lowest BCUT2D eigenvalue weighted by Gasteiger charge is -2.40. The van der Waals surface area contributed by atoms with Crippen LogP contribution in [0.1, 0.15) is 96.9 Å². The Morgan fingerprint density at radius 1 is 1.06 bits per heavy atom. The summed E-state index contributed by atoms with van der Waals surface area (Å²) in [4.78, 5) is 14.6. The van der Waals surface area contributed by atoms with E-state index in [4.69, 9.17) is 9.16 Å². The van der Waals surface area contributed by atoms with Gasteiger partial charge in [-0.3, -0.25) is 0 Å². The largest absolute Gasteiger partial charge is 0.444 e. The minimum Gasteiger partial charge on any atom is -0.444 e. The van der Waals surface area contributed by atoms with Crippen LogP contribution < -0.4 is 0 Å². The maximum atomic E-state index is 12.7. The Morgan fingerprint density at radius 3 is 2.27 bits per heavy atom. The highest BCUT2D eigenvalue weighted by atomic mass is 28.4. The van der Waals surface area contributed by atoms with Crippen molar-refractivity contribution >= 4 is 20.5 Å². The quantitative estimate of drug-likeness (QED) is 0.421.